The van der Waals surface area contributed by atoms with Crippen molar-refractivity contribution in [2.45, 2.75) is 58.7 Å². The lowest BCUT2D eigenvalue weighted by molar-refractivity contribution is -0.129. The maximum absolute atomic E-state index is 11.5. The fraction of sp³-hybridized carbons (Fsp3) is 0.818. The van der Waals surface area contributed by atoms with Gasteiger partial charge in [0.1, 0.15) is 6.04 Å². The molecule has 0 aromatic rings. The van der Waals surface area contributed by atoms with Gasteiger partial charge in [-0.05, 0) is 27.2 Å². The molecule has 0 heterocycles. The lowest BCUT2D eigenvalue weighted by atomic mass is 10.1. The van der Waals surface area contributed by atoms with Crippen molar-refractivity contribution in [3.8, 4) is 0 Å². The minimum absolute atomic E-state index is 0.0659. The van der Waals surface area contributed by atoms with Crippen LogP contribution in [0.15, 0.2) is 0 Å². The maximum atomic E-state index is 11.5. The monoisotopic (exact) mass is 229 g/mol. The number of carbonyl (C=O) groups is 2. The van der Waals surface area contributed by atoms with Gasteiger partial charge in [-0.2, -0.15) is 0 Å². The van der Waals surface area contributed by atoms with Crippen molar-refractivity contribution in [1.29, 1.82) is 0 Å². The largest absolute Gasteiger partial charge is 0.352 e. The fourth-order valence-electron chi connectivity index (χ4n) is 1.24. The van der Waals surface area contributed by atoms with E-state index >= 15 is 0 Å². The van der Waals surface area contributed by atoms with Gasteiger partial charge in [0.05, 0.1) is 6.04 Å². The third kappa shape index (κ3) is 5.70. The summed E-state index contributed by atoms with van der Waals surface area (Å²) in [6.07, 6.45) is 1.48. The van der Waals surface area contributed by atoms with Crippen molar-refractivity contribution in [2.75, 3.05) is 0 Å². The van der Waals surface area contributed by atoms with Crippen LogP contribution in [0, 0.1) is 0 Å². The second kappa shape index (κ2) is 7.22. The van der Waals surface area contributed by atoms with Crippen molar-refractivity contribution < 1.29 is 9.59 Å². The van der Waals surface area contributed by atoms with Gasteiger partial charge in [0, 0.05) is 6.04 Å². The van der Waals surface area contributed by atoms with Crippen LogP contribution in [0.5, 0.6) is 0 Å². The van der Waals surface area contributed by atoms with E-state index in [1.54, 1.807) is 6.92 Å². The molecule has 0 rings (SSSR count). The highest BCUT2D eigenvalue weighted by Gasteiger charge is 2.19. The van der Waals surface area contributed by atoms with Crippen LogP contribution < -0.4 is 16.4 Å². The molecule has 1 unspecified atom stereocenters. The van der Waals surface area contributed by atoms with Gasteiger partial charge in [0.25, 0.3) is 0 Å². The van der Waals surface area contributed by atoms with E-state index in [1.807, 2.05) is 20.8 Å². The van der Waals surface area contributed by atoms with Crippen molar-refractivity contribution >= 4 is 11.8 Å². The summed E-state index contributed by atoms with van der Waals surface area (Å²) >= 11 is 0. The molecular weight excluding hydrogens is 206 g/mol. The molecule has 5 heteroatoms. The Hall–Kier alpha value is -1.10. The van der Waals surface area contributed by atoms with Gasteiger partial charge in [-0.25, -0.2) is 0 Å². The highest BCUT2D eigenvalue weighted by Crippen LogP contribution is 1.94. The molecule has 0 aliphatic carbocycles. The second-order valence-electron chi connectivity index (χ2n) is 4.29. The summed E-state index contributed by atoms with van der Waals surface area (Å²) in [6.45, 7) is 7.35. The number of amides is 2. The second-order valence-corrected chi connectivity index (χ2v) is 4.29. The highest BCUT2D eigenvalue weighted by atomic mass is 16.2. The first-order valence-corrected chi connectivity index (χ1v) is 5.74. The molecule has 0 saturated heterocycles. The average molecular weight is 229 g/mol. The number of hydrogen-bond acceptors (Lipinski definition) is 3. The maximum Gasteiger partial charge on any atom is 0.242 e. The van der Waals surface area contributed by atoms with Crippen LogP contribution in [-0.2, 0) is 9.59 Å². The minimum Gasteiger partial charge on any atom is -0.352 e. The minimum atomic E-state index is -0.544. The number of nitrogens with two attached hydrogens (primary N) is 1. The van der Waals surface area contributed by atoms with Crippen LogP contribution in [0.2, 0.25) is 0 Å². The van der Waals surface area contributed by atoms with Gasteiger partial charge in [-0.3, -0.25) is 9.59 Å². The predicted molar refractivity (Wildman–Crippen MR) is 63.8 cm³/mol. The molecule has 0 saturated carbocycles. The van der Waals surface area contributed by atoms with E-state index in [1.165, 1.54) is 0 Å². The van der Waals surface area contributed by atoms with Crippen LogP contribution >= 0.6 is 0 Å². The van der Waals surface area contributed by atoms with Gasteiger partial charge >= 0.3 is 0 Å². The van der Waals surface area contributed by atoms with Gasteiger partial charge in [-0.15, -0.1) is 0 Å². The summed E-state index contributed by atoms with van der Waals surface area (Å²) in [6, 6.07) is -1.01. The number of nitrogens with one attached hydrogen (secondary N) is 2. The molecule has 2 atom stereocenters. The molecule has 5 nitrogen and oxygen atoms in total. The van der Waals surface area contributed by atoms with Crippen molar-refractivity contribution in [1.82, 2.24) is 10.6 Å². The Morgan fingerprint density at radius 3 is 2.12 bits per heavy atom. The topological polar surface area (TPSA) is 84.2 Å². The first-order chi connectivity index (χ1) is 7.38. The molecule has 94 valence electrons. The zero-order valence-corrected chi connectivity index (χ0v) is 10.5. The van der Waals surface area contributed by atoms with Crippen molar-refractivity contribution in [2.24, 2.45) is 5.73 Å². The van der Waals surface area contributed by atoms with E-state index in [9.17, 15) is 9.59 Å². The molecule has 0 fully saturated rings. The third-order valence-corrected chi connectivity index (χ3v) is 2.12. The molecule has 0 aromatic heterocycles. The van der Waals surface area contributed by atoms with E-state index in [0.717, 1.165) is 6.42 Å². The average Bonchev–Trinajstić information content (AvgIpc) is 2.16. The van der Waals surface area contributed by atoms with E-state index < -0.39 is 12.1 Å². The van der Waals surface area contributed by atoms with Crippen LogP contribution in [0.4, 0.5) is 0 Å². The van der Waals surface area contributed by atoms with Crippen molar-refractivity contribution in [3.63, 3.8) is 0 Å². The first-order valence-electron chi connectivity index (χ1n) is 5.74. The quantitative estimate of drug-likeness (QED) is 0.606. The van der Waals surface area contributed by atoms with Crippen LogP contribution in [0.1, 0.15) is 40.5 Å². The van der Waals surface area contributed by atoms with E-state index in [2.05, 4.69) is 10.6 Å². The molecule has 0 aromatic carbocycles. The summed E-state index contributed by atoms with van der Waals surface area (Å²) in [7, 11) is 0. The molecule has 0 spiro atoms. The lowest BCUT2D eigenvalue weighted by Crippen LogP contribution is -2.51. The highest BCUT2D eigenvalue weighted by molar-refractivity contribution is 5.89. The summed E-state index contributed by atoms with van der Waals surface area (Å²) < 4.78 is 0. The molecule has 16 heavy (non-hydrogen) atoms. The first kappa shape index (κ1) is 14.9. The SMILES string of the molecule is CCC[C@H](N)C(=O)NC(C)C(=O)NC(C)C. The zero-order chi connectivity index (χ0) is 12.7. The van der Waals surface area contributed by atoms with E-state index in [4.69, 9.17) is 5.73 Å². The van der Waals surface area contributed by atoms with Crippen LogP contribution in [0.3, 0.4) is 0 Å². The smallest absolute Gasteiger partial charge is 0.242 e. The van der Waals surface area contributed by atoms with E-state index in [0.29, 0.717) is 6.42 Å². The molecule has 0 radical (unpaired) electrons. The Morgan fingerprint density at radius 2 is 1.69 bits per heavy atom. The molecule has 0 bridgehead atoms. The van der Waals surface area contributed by atoms with Gasteiger partial charge < -0.3 is 16.4 Å². The zero-order valence-electron chi connectivity index (χ0n) is 10.5. The molecule has 0 aliphatic rings. The Bertz CT molecular complexity index is 241. The van der Waals surface area contributed by atoms with Crippen molar-refractivity contribution in [3.05, 3.63) is 0 Å². The summed E-state index contributed by atoms with van der Waals surface area (Å²) in [5.41, 5.74) is 5.63. The number of carbonyl (C=O) groups excluding carboxylic acids is 2. The van der Waals surface area contributed by atoms with Gasteiger partial charge in [0.15, 0.2) is 0 Å². The summed E-state index contributed by atoms with van der Waals surface area (Å²) in [4.78, 5) is 23.0. The Kier molecular flexibility index (Phi) is 6.72. The Balaban J connectivity index is 4.08. The normalized spacial score (nSPS) is 14.4. The predicted octanol–water partition coefficient (Wildman–Crippen LogP) is 0.143. The standard InChI is InChI=1S/C11H23N3O2/c1-5-6-9(12)11(16)14-8(4)10(15)13-7(2)3/h7-9H,5-6,12H2,1-4H3,(H,13,15)(H,14,16)/t8?,9-/m0/s1. The number of hydrogen-bond donors (Lipinski definition) is 3. The number of rotatable bonds is 6. The molecule has 4 N–H and O–H groups in total. The molecule has 0 aliphatic heterocycles. The van der Waals surface area contributed by atoms with E-state index in [-0.39, 0.29) is 17.9 Å². The van der Waals surface area contributed by atoms with Crippen LogP contribution in [0.25, 0.3) is 0 Å². The molecule has 2 amide bonds. The molecular formula is C11H23N3O2. The summed E-state index contributed by atoms with van der Waals surface area (Å²) in [5, 5.41) is 5.32. The Labute approximate surface area is 97.2 Å². The van der Waals surface area contributed by atoms with Gasteiger partial charge in [0.2, 0.25) is 11.8 Å². The summed E-state index contributed by atoms with van der Waals surface area (Å²) in [5.74, 6) is -0.458. The van der Waals surface area contributed by atoms with Gasteiger partial charge in [-0.1, -0.05) is 13.3 Å². The van der Waals surface area contributed by atoms with Crippen LogP contribution in [-0.4, -0.2) is 29.9 Å². The Morgan fingerprint density at radius 1 is 1.12 bits per heavy atom. The third-order valence-electron chi connectivity index (χ3n) is 2.12. The lowest BCUT2D eigenvalue weighted by Gasteiger charge is -2.18. The fourth-order valence-corrected chi connectivity index (χ4v) is 1.24.